The molecule has 0 amide bonds. The van der Waals surface area contributed by atoms with Crippen LogP contribution in [0.3, 0.4) is 0 Å². The van der Waals surface area contributed by atoms with Gasteiger partial charge >= 0.3 is 5.97 Å². The number of aryl methyl sites for hydroxylation is 1. The molecule has 0 saturated heterocycles. The standard InChI is InChI=1S/C9H11ClO2S/c1-2-3-4-7-6(10)5-8(13-7)9(11)12/h5H,2-4H2,1H3,(H,11,12). The molecule has 1 aromatic heterocycles. The topological polar surface area (TPSA) is 37.3 Å². The van der Waals surface area contributed by atoms with Gasteiger partial charge in [0, 0.05) is 4.88 Å². The molecule has 13 heavy (non-hydrogen) atoms. The molecule has 0 saturated carbocycles. The SMILES string of the molecule is CCCCc1sc(C(=O)O)cc1Cl. The van der Waals surface area contributed by atoms with Crippen LogP contribution in [0, 0.1) is 0 Å². The monoisotopic (exact) mass is 218 g/mol. The molecule has 1 heterocycles. The van der Waals surface area contributed by atoms with Gasteiger partial charge in [-0.25, -0.2) is 4.79 Å². The second-order valence-electron chi connectivity index (χ2n) is 2.79. The molecule has 0 radical (unpaired) electrons. The summed E-state index contributed by atoms with van der Waals surface area (Å²) in [5, 5.41) is 9.29. The van der Waals surface area contributed by atoms with Gasteiger partial charge in [0.1, 0.15) is 4.88 Å². The predicted molar refractivity (Wildman–Crippen MR) is 54.9 cm³/mol. The van der Waals surface area contributed by atoms with Crippen LogP contribution in [-0.2, 0) is 6.42 Å². The van der Waals surface area contributed by atoms with E-state index in [1.807, 2.05) is 0 Å². The minimum Gasteiger partial charge on any atom is -0.477 e. The molecule has 2 nitrogen and oxygen atoms in total. The molecule has 4 heteroatoms. The molecule has 0 spiro atoms. The van der Waals surface area contributed by atoms with E-state index in [2.05, 4.69) is 6.92 Å². The highest BCUT2D eigenvalue weighted by molar-refractivity contribution is 7.14. The lowest BCUT2D eigenvalue weighted by molar-refractivity contribution is 0.0702. The summed E-state index contributed by atoms with van der Waals surface area (Å²) >= 11 is 7.15. The summed E-state index contributed by atoms with van der Waals surface area (Å²) in [4.78, 5) is 11.9. The van der Waals surface area contributed by atoms with E-state index >= 15 is 0 Å². The van der Waals surface area contributed by atoms with Gasteiger partial charge in [0.2, 0.25) is 0 Å². The first-order valence-corrected chi connectivity index (χ1v) is 5.36. The minimum atomic E-state index is -0.894. The Kier molecular flexibility index (Phi) is 3.75. The number of carboxylic acid groups (broad SMARTS) is 1. The number of thiophene rings is 1. The molecule has 0 aliphatic heterocycles. The average molecular weight is 219 g/mol. The first-order chi connectivity index (χ1) is 6.15. The third-order valence-electron chi connectivity index (χ3n) is 1.73. The lowest BCUT2D eigenvalue weighted by Gasteiger charge is -1.93. The highest BCUT2D eigenvalue weighted by Gasteiger charge is 2.11. The van der Waals surface area contributed by atoms with Crippen molar-refractivity contribution >= 4 is 28.9 Å². The summed E-state index contributed by atoms with van der Waals surface area (Å²) in [6.07, 6.45) is 3.03. The molecule has 0 fully saturated rings. The van der Waals surface area contributed by atoms with E-state index in [9.17, 15) is 4.79 Å². The number of rotatable bonds is 4. The van der Waals surface area contributed by atoms with Crippen LogP contribution >= 0.6 is 22.9 Å². The summed E-state index contributed by atoms with van der Waals surface area (Å²) in [7, 11) is 0. The molecule has 0 unspecified atom stereocenters. The third kappa shape index (κ3) is 2.71. The Morgan fingerprint density at radius 1 is 1.69 bits per heavy atom. The summed E-state index contributed by atoms with van der Waals surface area (Å²) < 4.78 is 0. The fraction of sp³-hybridized carbons (Fsp3) is 0.444. The Bertz CT molecular complexity index is 307. The molecular formula is C9H11ClO2S. The second kappa shape index (κ2) is 4.63. The molecule has 1 N–H and O–H groups in total. The Morgan fingerprint density at radius 3 is 2.85 bits per heavy atom. The third-order valence-corrected chi connectivity index (χ3v) is 3.36. The Morgan fingerprint density at radius 2 is 2.38 bits per heavy atom. The minimum absolute atomic E-state index is 0.330. The number of unbranched alkanes of at least 4 members (excludes halogenated alkanes) is 1. The molecule has 0 aliphatic carbocycles. The molecule has 0 aromatic carbocycles. The first-order valence-electron chi connectivity index (χ1n) is 4.16. The molecule has 1 rings (SSSR count). The lowest BCUT2D eigenvalue weighted by atomic mass is 10.2. The molecule has 0 bridgehead atoms. The van der Waals surface area contributed by atoms with Gasteiger partial charge in [-0.1, -0.05) is 24.9 Å². The van der Waals surface area contributed by atoms with E-state index in [-0.39, 0.29) is 0 Å². The van der Waals surface area contributed by atoms with Crippen LogP contribution in [0.2, 0.25) is 5.02 Å². The maximum absolute atomic E-state index is 10.6. The largest absolute Gasteiger partial charge is 0.477 e. The number of hydrogen-bond donors (Lipinski definition) is 1. The van der Waals surface area contributed by atoms with E-state index < -0.39 is 5.97 Å². The van der Waals surface area contributed by atoms with Crippen LogP contribution in [0.1, 0.15) is 34.3 Å². The summed E-state index contributed by atoms with van der Waals surface area (Å²) in [6.45, 7) is 2.10. The van der Waals surface area contributed by atoms with Gasteiger partial charge in [0.25, 0.3) is 0 Å². The number of halogens is 1. The number of aromatic carboxylic acids is 1. The first kappa shape index (κ1) is 10.5. The predicted octanol–water partition coefficient (Wildman–Crippen LogP) is 3.44. The van der Waals surface area contributed by atoms with Crippen molar-refractivity contribution in [1.82, 2.24) is 0 Å². The fourth-order valence-electron chi connectivity index (χ4n) is 1.02. The smallest absolute Gasteiger partial charge is 0.345 e. The van der Waals surface area contributed by atoms with Gasteiger partial charge in [-0.15, -0.1) is 11.3 Å². The number of hydrogen-bond acceptors (Lipinski definition) is 2. The van der Waals surface area contributed by atoms with E-state index in [1.165, 1.54) is 17.4 Å². The van der Waals surface area contributed by atoms with E-state index in [0.717, 1.165) is 24.1 Å². The van der Waals surface area contributed by atoms with Gasteiger partial charge in [-0.3, -0.25) is 0 Å². The van der Waals surface area contributed by atoms with Crippen molar-refractivity contribution in [3.05, 3.63) is 20.8 Å². The normalized spacial score (nSPS) is 10.3. The summed E-state index contributed by atoms with van der Waals surface area (Å²) in [5.41, 5.74) is 0. The summed E-state index contributed by atoms with van der Waals surface area (Å²) in [5.74, 6) is -0.894. The molecule has 1 aromatic rings. The van der Waals surface area contributed by atoms with Gasteiger partial charge < -0.3 is 5.11 Å². The van der Waals surface area contributed by atoms with Crippen molar-refractivity contribution in [3.8, 4) is 0 Å². The van der Waals surface area contributed by atoms with Crippen molar-refractivity contribution in [2.75, 3.05) is 0 Å². The Hall–Kier alpha value is -0.540. The second-order valence-corrected chi connectivity index (χ2v) is 4.33. The van der Waals surface area contributed by atoms with Crippen LogP contribution in [-0.4, -0.2) is 11.1 Å². The molecule has 72 valence electrons. The van der Waals surface area contributed by atoms with Crippen molar-refractivity contribution < 1.29 is 9.90 Å². The van der Waals surface area contributed by atoms with Crippen molar-refractivity contribution in [2.24, 2.45) is 0 Å². The van der Waals surface area contributed by atoms with E-state index in [1.54, 1.807) is 0 Å². The van der Waals surface area contributed by atoms with Crippen LogP contribution < -0.4 is 0 Å². The lowest BCUT2D eigenvalue weighted by Crippen LogP contribution is -1.89. The Labute approximate surface area is 86.2 Å². The maximum atomic E-state index is 10.6. The van der Waals surface area contributed by atoms with E-state index in [4.69, 9.17) is 16.7 Å². The van der Waals surface area contributed by atoms with Crippen molar-refractivity contribution in [1.29, 1.82) is 0 Å². The van der Waals surface area contributed by atoms with Crippen molar-refractivity contribution in [2.45, 2.75) is 26.2 Å². The highest BCUT2D eigenvalue weighted by Crippen LogP contribution is 2.28. The molecule has 0 atom stereocenters. The summed E-state index contributed by atoms with van der Waals surface area (Å²) in [6, 6.07) is 1.53. The molecule has 0 aliphatic rings. The zero-order chi connectivity index (χ0) is 9.84. The maximum Gasteiger partial charge on any atom is 0.345 e. The van der Waals surface area contributed by atoms with Crippen LogP contribution in [0.25, 0.3) is 0 Å². The quantitative estimate of drug-likeness (QED) is 0.841. The highest BCUT2D eigenvalue weighted by atomic mass is 35.5. The van der Waals surface area contributed by atoms with Gasteiger partial charge in [0.15, 0.2) is 0 Å². The zero-order valence-corrected chi connectivity index (χ0v) is 8.91. The number of carboxylic acids is 1. The fourth-order valence-corrected chi connectivity index (χ4v) is 2.34. The van der Waals surface area contributed by atoms with Gasteiger partial charge in [0.05, 0.1) is 5.02 Å². The zero-order valence-electron chi connectivity index (χ0n) is 7.34. The van der Waals surface area contributed by atoms with Gasteiger partial charge in [-0.2, -0.15) is 0 Å². The van der Waals surface area contributed by atoms with E-state index in [0.29, 0.717) is 9.90 Å². The molecular weight excluding hydrogens is 208 g/mol. The van der Waals surface area contributed by atoms with Crippen LogP contribution in [0.4, 0.5) is 0 Å². The Balaban J connectivity index is 2.77. The van der Waals surface area contributed by atoms with Crippen LogP contribution in [0.5, 0.6) is 0 Å². The van der Waals surface area contributed by atoms with Crippen LogP contribution in [0.15, 0.2) is 6.07 Å². The van der Waals surface area contributed by atoms with Crippen molar-refractivity contribution in [3.63, 3.8) is 0 Å². The van der Waals surface area contributed by atoms with Gasteiger partial charge in [-0.05, 0) is 18.9 Å². The average Bonchev–Trinajstić information content (AvgIpc) is 2.44. The number of carbonyl (C=O) groups is 1.